The largest absolute Gasteiger partial charge is 0.493 e. The third kappa shape index (κ3) is 8.25. The number of halogens is 3. The Balaban J connectivity index is 1.71. The van der Waals surface area contributed by atoms with E-state index in [9.17, 15) is 18.0 Å². The zero-order valence-corrected chi connectivity index (χ0v) is 22.9. The molecule has 0 bridgehead atoms. The van der Waals surface area contributed by atoms with E-state index in [4.69, 9.17) is 9.84 Å². The van der Waals surface area contributed by atoms with Crippen molar-refractivity contribution in [2.75, 3.05) is 6.61 Å². The van der Waals surface area contributed by atoms with Crippen LogP contribution in [-0.4, -0.2) is 23.9 Å². The average molecular weight is 533 g/mol. The maximum atomic E-state index is 14.7. The van der Waals surface area contributed by atoms with Gasteiger partial charge < -0.3 is 9.84 Å². The molecule has 0 radical (unpaired) electrons. The van der Waals surface area contributed by atoms with Gasteiger partial charge in [-0.1, -0.05) is 76.6 Å². The van der Waals surface area contributed by atoms with Gasteiger partial charge in [0.2, 0.25) is 0 Å². The van der Waals surface area contributed by atoms with Crippen LogP contribution in [0, 0.1) is 23.5 Å². The summed E-state index contributed by atoms with van der Waals surface area (Å²) in [5.74, 6) is -1.86. The highest BCUT2D eigenvalue weighted by atomic mass is 19.2. The lowest BCUT2D eigenvalue weighted by Crippen LogP contribution is -2.26. The van der Waals surface area contributed by atoms with Crippen molar-refractivity contribution in [3.8, 4) is 16.9 Å². The Morgan fingerprint density at radius 2 is 1.68 bits per heavy atom. The second-order valence-electron chi connectivity index (χ2n) is 10.8. The van der Waals surface area contributed by atoms with Crippen molar-refractivity contribution in [1.82, 2.24) is 0 Å². The second-order valence-corrected chi connectivity index (χ2v) is 10.8. The molecule has 0 aliphatic heterocycles. The van der Waals surface area contributed by atoms with Crippen LogP contribution >= 0.6 is 0 Å². The lowest BCUT2D eigenvalue weighted by molar-refractivity contribution is -0.143. The SMILES string of the molecule is CCCCCCCCOc1cc([C@H]2CC[C@H](C(CC)C[C@H](F)C(=O)O)CC2)ccc1-c1cccc(F)c1F. The van der Waals surface area contributed by atoms with Crippen LogP contribution in [-0.2, 0) is 4.79 Å². The molecular formula is C32H43F3O3. The van der Waals surface area contributed by atoms with Gasteiger partial charge in [0.05, 0.1) is 6.61 Å². The third-order valence-electron chi connectivity index (χ3n) is 8.21. The van der Waals surface area contributed by atoms with Gasteiger partial charge in [-0.25, -0.2) is 18.0 Å². The first-order chi connectivity index (χ1) is 18.3. The molecule has 1 N–H and O–H groups in total. The van der Waals surface area contributed by atoms with Gasteiger partial charge in [0.25, 0.3) is 0 Å². The van der Waals surface area contributed by atoms with Gasteiger partial charge in [-0.15, -0.1) is 0 Å². The fourth-order valence-electron chi connectivity index (χ4n) is 5.89. The molecule has 0 saturated heterocycles. The summed E-state index contributed by atoms with van der Waals surface area (Å²) in [6, 6.07) is 10.0. The second kappa shape index (κ2) is 15.2. The molecule has 2 atom stereocenters. The van der Waals surface area contributed by atoms with E-state index in [-0.39, 0.29) is 17.9 Å². The van der Waals surface area contributed by atoms with Crippen molar-refractivity contribution >= 4 is 5.97 Å². The molecule has 0 amide bonds. The number of benzene rings is 2. The summed E-state index contributed by atoms with van der Waals surface area (Å²) in [5, 5.41) is 8.97. The zero-order valence-electron chi connectivity index (χ0n) is 22.9. The number of ether oxygens (including phenoxy) is 1. The smallest absolute Gasteiger partial charge is 0.338 e. The van der Waals surface area contributed by atoms with Crippen LogP contribution in [0.25, 0.3) is 11.1 Å². The number of carboxylic acid groups (broad SMARTS) is 1. The van der Waals surface area contributed by atoms with E-state index in [0.717, 1.165) is 56.6 Å². The Morgan fingerprint density at radius 1 is 0.974 bits per heavy atom. The fraction of sp³-hybridized carbons (Fsp3) is 0.594. The molecule has 1 unspecified atom stereocenters. The van der Waals surface area contributed by atoms with Gasteiger partial charge in [-0.05, 0) is 74.0 Å². The molecule has 0 heterocycles. The number of carboxylic acids is 1. The molecule has 0 spiro atoms. The minimum absolute atomic E-state index is 0.0663. The Labute approximate surface area is 225 Å². The summed E-state index contributed by atoms with van der Waals surface area (Å²) in [7, 11) is 0. The van der Waals surface area contributed by atoms with Crippen LogP contribution in [0.15, 0.2) is 36.4 Å². The number of rotatable bonds is 15. The number of alkyl halides is 1. The summed E-state index contributed by atoms with van der Waals surface area (Å²) < 4.78 is 48.7. The molecule has 1 aliphatic rings. The molecule has 6 heteroatoms. The van der Waals surface area contributed by atoms with Crippen LogP contribution in [0.3, 0.4) is 0 Å². The van der Waals surface area contributed by atoms with E-state index >= 15 is 0 Å². The first kappa shape index (κ1) is 30.0. The molecular weight excluding hydrogens is 489 g/mol. The van der Waals surface area contributed by atoms with Gasteiger partial charge in [-0.3, -0.25) is 0 Å². The third-order valence-corrected chi connectivity index (χ3v) is 8.21. The first-order valence-corrected chi connectivity index (χ1v) is 14.4. The van der Waals surface area contributed by atoms with Crippen LogP contribution in [0.4, 0.5) is 13.2 Å². The van der Waals surface area contributed by atoms with E-state index in [1.54, 1.807) is 6.07 Å². The van der Waals surface area contributed by atoms with Crippen molar-refractivity contribution in [2.45, 2.75) is 103 Å². The van der Waals surface area contributed by atoms with Crippen LogP contribution in [0.1, 0.15) is 102 Å². The average Bonchev–Trinajstić information content (AvgIpc) is 2.92. The normalized spacial score (nSPS) is 19.2. The zero-order chi connectivity index (χ0) is 27.5. The quantitative estimate of drug-likeness (QED) is 0.232. The molecule has 3 rings (SSSR count). The maximum absolute atomic E-state index is 14.7. The summed E-state index contributed by atoms with van der Waals surface area (Å²) >= 11 is 0. The molecule has 2 aromatic carbocycles. The Bertz CT molecular complexity index is 1020. The van der Waals surface area contributed by atoms with E-state index < -0.39 is 23.8 Å². The van der Waals surface area contributed by atoms with Crippen molar-refractivity contribution < 1.29 is 27.8 Å². The molecule has 0 aromatic heterocycles. The van der Waals surface area contributed by atoms with Gasteiger partial charge >= 0.3 is 5.97 Å². The van der Waals surface area contributed by atoms with Crippen molar-refractivity contribution in [3.05, 3.63) is 53.6 Å². The number of carbonyl (C=O) groups is 1. The van der Waals surface area contributed by atoms with Crippen molar-refractivity contribution in [3.63, 3.8) is 0 Å². The van der Waals surface area contributed by atoms with Crippen LogP contribution in [0.2, 0.25) is 0 Å². The predicted octanol–water partition coefficient (Wildman–Crippen LogP) is 9.48. The Kier molecular flexibility index (Phi) is 12.0. The Hall–Kier alpha value is -2.50. The summed E-state index contributed by atoms with van der Waals surface area (Å²) in [6.45, 7) is 4.72. The predicted molar refractivity (Wildman–Crippen MR) is 146 cm³/mol. The molecule has 3 nitrogen and oxygen atoms in total. The van der Waals surface area contributed by atoms with Crippen LogP contribution in [0.5, 0.6) is 5.75 Å². The molecule has 210 valence electrons. The standard InChI is InChI=1S/C32H43F3O3/c1-3-5-6-7-8-9-19-38-30-21-25(17-18-26(30)27-11-10-12-28(33)31(27)35)24-15-13-23(14-16-24)22(4-2)20-29(34)32(36)37/h10-12,17-18,21-24,29H,3-9,13-16,19-20H2,1-2H3,(H,36,37)/t22?,23-,24-,29-/m0/s1. The van der Waals surface area contributed by atoms with E-state index in [1.807, 2.05) is 25.1 Å². The number of unbranched alkanes of at least 4 members (excludes halogenated alkanes) is 5. The van der Waals surface area contributed by atoms with Gasteiger partial charge in [0.1, 0.15) is 5.75 Å². The highest BCUT2D eigenvalue weighted by Gasteiger charge is 2.31. The molecule has 1 aliphatic carbocycles. The first-order valence-electron chi connectivity index (χ1n) is 14.4. The summed E-state index contributed by atoms with van der Waals surface area (Å²) in [4.78, 5) is 11.0. The molecule has 1 fully saturated rings. The molecule has 38 heavy (non-hydrogen) atoms. The lowest BCUT2D eigenvalue weighted by atomic mass is 9.71. The highest BCUT2D eigenvalue weighted by Crippen LogP contribution is 2.43. The van der Waals surface area contributed by atoms with Gasteiger partial charge in [0, 0.05) is 11.1 Å². The maximum Gasteiger partial charge on any atom is 0.338 e. The van der Waals surface area contributed by atoms with Crippen LogP contribution < -0.4 is 4.74 Å². The molecule has 1 saturated carbocycles. The highest BCUT2D eigenvalue weighted by molar-refractivity contribution is 5.72. The number of aliphatic carboxylic acids is 1. The van der Waals surface area contributed by atoms with E-state index in [1.165, 1.54) is 31.7 Å². The fourth-order valence-corrected chi connectivity index (χ4v) is 5.89. The van der Waals surface area contributed by atoms with E-state index in [0.29, 0.717) is 29.8 Å². The Morgan fingerprint density at radius 3 is 2.37 bits per heavy atom. The lowest BCUT2D eigenvalue weighted by Gasteiger charge is -2.34. The van der Waals surface area contributed by atoms with Gasteiger partial charge in [-0.2, -0.15) is 0 Å². The molecule has 2 aromatic rings. The van der Waals surface area contributed by atoms with E-state index in [2.05, 4.69) is 6.92 Å². The number of hydrogen-bond acceptors (Lipinski definition) is 2. The summed E-state index contributed by atoms with van der Waals surface area (Å²) in [6.07, 6.45) is 9.54. The monoisotopic (exact) mass is 532 g/mol. The minimum atomic E-state index is -1.81. The summed E-state index contributed by atoms with van der Waals surface area (Å²) in [5.41, 5.74) is 1.87. The number of hydrogen-bond donors (Lipinski definition) is 1. The van der Waals surface area contributed by atoms with Crippen molar-refractivity contribution in [2.24, 2.45) is 11.8 Å². The van der Waals surface area contributed by atoms with Crippen molar-refractivity contribution in [1.29, 1.82) is 0 Å². The van der Waals surface area contributed by atoms with Gasteiger partial charge in [0.15, 0.2) is 17.8 Å². The minimum Gasteiger partial charge on any atom is -0.493 e. The topological polar surface area (TPSA) is 46.5 Å².